The molecule has 0 aromatic carbocycles. The number of allylic oxidation sites excluding steroid dienone is 2. The number of hydrogen-bond acceptors (Lipinski definition) is 3. The molecular formula is C11H15NOS. The highest BCUT2D eigenvalue weighted by Crippen LogP contribution is 2.32. The number of likely N-dealkylation sites (N-methyl/N-ethyl adjacent to an activating group) is 1. The number of nitrogens with zero attached hydrogens (tertiary/aromatic N) is 1. The number of thiocarbonyl (C=S) groups is 1. The molecule has 3 heteroatoms. The zero-order valence-electron chi connectivity index (χ0n) is 8.67. The summed E-state index contributed by atoms with van der Waals surface area (Å²) in [5, 5.41) is 0. The largest absolute Gasteiger partial charge is 0.367 e. The number of ketones is 1. The lowest BCUT2D eigenvalue weighted by Crippen LogP contribution is -2.45. The van der Waals surface area contributed by atoms with Crippen molar-refractivity contribution in [2.45, 2.75) is 38.6 Å². The van der Waals surface area contributed by atoms with Gasteiger partial charge in [0.2, 0.25) is 0 Å². The smallest absolute Gasteiger partial charge is 0.195 e. The fraction of sp³-hybridized carbons (Fsp3) is 0.636. The summed E-state index contributed by atoms with van der Waals surface area (Å²) in [6.45, 7) is 1.94. The van der Waals surface area contributed by atoms with Crippen LogP contribution in [0.15, 0.2) is 11.3 Å². The molecule has 2 nitrogen and oxygen atoms in total. The topological polar surface area (TPSA) is 20.3 Å². The molecule has 1 unspecified atom stereocenters. The standard InChI is InChI=1S/C11H15NOS/c1-7-10(13)11(14)8-5-3-4-6-9(8)12(7)2/h7H,3-6H2,1-2H3. The molecule has 0 radical (unpaired) electrons. The molecule has 0 amide bonds. The second kappa shape index (κ2) is 3.46. The summed E-state index contributed by atoms with van der Waals surface area (Å²) in [6, 6.07) is -0.0562. The van der Waals surface area contributed by atoms with E-state index in [0.29, 0.717) is 4.86 Å². The third kappa shape index (κ3) is 1.31. The summed E-state index contributed by atoms with van der Waals surface area (Å²) in [6.07, 6.45) is 4.49. The highest BCUT2D eigenvalue weighted by Gasteiger charge is 2.34. The first-order valence-electron chi connectivity index (χ1n) is 5.16. The lowest BCUT2D eigenvalue weighted by atomic mass is 9.86. The Labute approximate surface area is 90.0 Å². The maximum atomic E-state index is 11.8. The molecule has 1 heterocycles. The third-order valence-electron chi connectivity index (χ3n) is 3.32. The van der Waals surface area contributed by atoms with Crippen LogP contribution < -0.4 is 0 Å². The SMILES string of the molecule is CC1C(=O)C(=S)C2=C(CCCC2)N1C. The first-order chi connectivity index (χ1) is 6.63. The molecular weight excluding hydrogens is 194 g/mol. The van der Waals surface area contributed by atoms with Gasteiger partial charge < -0.3 is 4.90 Å². The minimum Gasteiger partial charge on any atom is -0.367 e. The Morgan fingerprint density at radius 1 is 1.36 bits per heavy atom. The van der Waals surface area contributed by atoms with E-state index >= 15 is 0 Å². The molecule has 0 bridgehead atoms. The molecule has 0 aromatic rings. The molecule has 1 atom stereocenters. The van der Waals surface area contributed by atoms with Crippen LogP contribution in [0.3, 0.4) is 0 Å². The van der Waals surface area contributed by atoms with E-state index in [4.69, 9.17) is 12.2 Å². The van der Waals surface area contributed by atoms with E-state index in [2.05, 4.69) is 4.90 Å². The molecule has 0 aromatic heterocycles. The maximum Gasteiger partial charge on any atom is 0.195 e. The van der Waals surface area contributed by atoms with Gasteiger partial charge in [-0.3, -0.25) is 4.79 Å². The predicted octanol–water partition coefficient (Wildman–Crippen LogP) is 2.09. The van der Waals surface area contributed by atoms with Crippen molar-refractivity contribution in [2.75, 3.05) is 7.05 Å². The summed E-state index contributed by atoms with van der Waals surface area (Å²) in [5.74, 6) is 0.128. The highest BCUT2D eigenvalue weighted by atomic mass is 32.1. The Kier molecular flexibility index (Phi) is 2.43. The first-order valence-corrected chi connectivity index (χ1v) is 5.57. The van der Waals surface area contributed by atoms with Gasteiger partial charge in [0.1, 0.15) is 0 Å². The number of hydrogen-bond donors (Lipinski definition) is 0. The van der Waals surface area contributed by atoms with Crippen LogP contribution in [-0.4, -0.2) is 28.6 Å². The third-order valence-corrected chi connectivity index (χ3v) is 3.77. The van der Waals surface area contributed by atoms with Crippen LogP contribution in [-0.2, 0) is 4.79 Å². The second-order valence-corrected chi connectivity index (χ2v) is 4.52. The zero-order valence-corrected chi connectivity index (χ0v) is 9.49. The quantitative estimate of drug-likeness (QED) is 0.570. The predicted molar refractivity (Wildman–Crippen MR) is 60.3 cm³/mol. The Bertz CT molecular complexity index is 332. The number of carbonyl (C=O) groups is 1. The minimum atomic E-state index is -0.0562. The molecule has 14 heavy (non-hydrogen) atoms. The molecule has 1 aliphatic heterocycles. The van der Waals surface area contributed by atoms with Gasteiger partial charge in [-0.1, -0.05) is 12.2 Å². The van der Waals surface area contributed by atoms with Crippen LogP contribution in [0.25, 0.3) is 0 Å². The van der Waals surface area contributed by atoms with Gasteiger partial charge in [0.25, 0.3) is 0 Å². The highest BCUT2D eigenvalue weighted by molar-refractivity contribution is 7.82. The van der Waals surface area contributed by atoms with E-state index in [1.807, 2.05) is 14.0 Å². The molecule has 76 valence electrons. The van der Waals surface area contributed by atoms with Crippen molar-refractivity contribution in [2.24, 2.45) is 0 Å². The monoisotopic (exact) mass is 209 g/mol. The van der Waals surface area contributed by atoms with Gasteiger partial charge >= 0.3 is 0 Å². The fourth-order valence-corrected chi connectivity index (χ4v) is 2.66. The van der Waals surface area contributed by atoms with Gasteiger partial charge in [0.05, 0.1) is 10.9 Å². The maximum absolute atomic E-state index is 11.8. The van der Waals surface area contributed by atoms with E-state index in [0.717, 1.165) is 18.4 Å². The number of rotatable bonds is 0. The second-order valence-electron chi connectivity index (χ2n) is 4.11. The van der Waals surface area contributed by atoms with Gasteiger partial charge in [-0.2, -0.15) is 0 Å². The molecule has 0 saturated heterocycles. The van der Waals surface area contributed by atoms with Gasteiger partial charge in [-0.25, -0.2) is 0 Å². The Morgan fingerprint density at radius 3 is 2.71 bits per heavy atom. The Morgan fingerprint density at radius 2 is 2.00 bits per heavy atom. The van der Waals surface area contributed by atoms with E-state index in [1.54, 1.807) is 0 Å². The lowest BCUT2D eigenvalue weighted by Gasteiger charge is -2.37. The summed E-state index contributed by atoms with van der Waals surface area (Å²) >= 11 is 5.22. The Balaban J connectivity index is 2.45. The summed E-state index contributed by atoms with van der Waals surface area (Å²) < 4.78 is 0. The van der Waals surface area contributed by atoms with Crippen LogP contribution in [0.5, 0.6) is 0 Å². The van der Waals surface area contributed by atoms with E-state index in [-0.39, 0.29) is 11.8 Å². The van der Waals surface area contributed by atoms with Gasteiger partial charge in [0.15, 0.2) is 5.78 Å². The molecule has 0 saturated carbocycles. The average molecular weight is 209 g/mol. The fourth-order valence-electron chi connectivity index (χ4n) is 2.27. The van der Waals surface area contributed by atoms with Crippen molar-refractivity contribution in [3.05, 3.63) is 11.3 Å². The normalized spacial score (nSPS) is 28.1. The molecule has 0 fully saturated rings. The molecule has 0 N–H and O–H groups in total. The minimum absolute atomic E-state index is 0.0562. The zero-order chi connectivity index (χ0) is 10.3. The van der Waals surface area contributed by atoms with Crippen LogP contribution in [0.4, 0.5) is 0 Å². The van der Waals surface area contributed by atoms with Gasteiger partial charge in [0, 0.05) is 12.7 Å². The van der Waals surface area contributed by atoms with E-state index in [1.165, 1.54) is 18.5 Å². The van der Waals surface area contributed by atoms with Gasteiger partial charge in [-0.05, 0) is 38.2 Å². The summed E-state index contributed by atoms with van der Waals surface area (Å²) in [7, 11) is 2.00. The van der Waals surface area contributed by atoms with E-state index < -0.39 is 0 Å². The number of carbonyl (C=O) groups excluding carboxylic acids is 1. The van der Waals surface area contributed by atoms with Crippen LogP contribution in [0, 0.1) is 0 Å². The van der Waals surface area contributed by atoms with Crippen LogP contribution in [0.2, 0.25) is 0 Å². The van der Waals surface area contributed by atoms with Crippen molar-refractivity contribution in [3.8, 4) is 0 Å². The first kappa shape index (κ1) is 9.84. The lowest BCUT2D eigenvalue weighted by molar-refractivity contribution is -0.116. The average Bonchev–Trinajstić information content (AvgIpc) is 2.23. The molecule has 2 rings (SSSR count). The van der Waals surface area contributed by atoms with Crippen LogP contribution in [0.1, 0.15) is 32.6 Å². The summed E-state index contributed by atoms with van der Waals surface area (Å²) in [5.41, 5.74) is 2.46. The number of Topliss-reactive ketones (excluding diaryl/α,β-unsaturated/α-hetero) is 1. The van der Waals surface area contributed by atoms with Crippen molar-refractivity contribution in [3.63, 3.8) is 0 Å². The van der Waals surface area contributed by atoms with Crippen molar-refractivity contribution >= 4 is 22.9 Å². The van der Waals surface area contributed by atoms with Crippen molar-refractivity contribution in [1.29, 1.82) is 0 Å². The molecule has 2 aliphatic rings. The van der Waals surface area contributed by atoms with Crippen LogP contribution >= 0.6 is 12.2 Å². The van der Waals surface area contributed by atoms with Crippen molar-refractivity contribution < 1.29 is 4.79 Å². The molecule has 1 aliphatic carbocycles. The van der Waals surface area contributed by atoms with E-state index in [9.17, 15) is 4.79 Å². The summed E-state index contributed by atoms with van der Waals surface area (Å²) in [4.78, 5) is 14.5. The Hall–Kier alpha value is -0.700. The van der Waals surface area contributed by atoms with Crippen molar-refractivity contribution in [1.82, 2.24) is 4.90 Å². The van der Waals surface area contributed by atoms with Gasteiger partial charge in [-0.15, -0.1) is 0 Å². The molecule has 0 spiro atoms.